The van der Waals surface area contributed by atoms with Crippen LogP contribution in [0.25, 0.3) is 0 Å². The molecule has 1 atom stereocenters. The smallest absolute Gasteiger partial charge is 0.297 e. The van der Waals surface area contributed by atoms with Gasteiger partial charge in [-0.1, -0.05) is 13.3 Å². The highest BCUT2D eigenvalue weighted by atomic mass is 16.4. The van der Waals surface area contributed by atoms with Gasteiger partial charge in [-0.15, -0.1) is 0 Å². The lowest BCUT2D eigenvalue weighted by Gasteiger charge is -2.17. The minimum Gasteiger partial charge on any atom is -0.432 e. The Kier molecular flexibility index (Phi) is 3.83. The summed E-state index contributed by atoms with van der Waals surface area (Å²) in [5.41, 5.74) is 6.37. The van der Waals surface area contributed by atoms with Crippen LogP contribution in [0.1, 0.15) is 38.3 Å². The molecule has 2 rings (SSSR count). The first-order valence-corrected chi connectivity index (χ1v) is 6.23. The SMILES string of the molecule is CCC1CCCN(c2nc(CN)co2)CC1. The van der Waals surface area contributed by atoms with Crippen molar-refractivity contribution in [1.82, 2.24) is 4.98 Å². The van der Waals surface area contributed by atoms with Gasteiger partial charge in [0.05, 0.1) is 5.69 Å². The number of rotatable bonds is 3. The predicted octanol–water partition coefficient (Wildman–Crippen LogP) is 2.15. The van der Waals surface area contributed by atoms with E-state index in [1.54, 1.807) is 6.26 Å². The van der Waals surface area contributed by atoms with Crippen molar-refractivity contribution < 1.29 is 4.42 Å². The average molecular weight is 223 g/mol. The third kappa shape index (κ3) is 2.55. The number of nitrogens with zero attached hydrogens (tertiary/aromatic N) is 2. The molecule has 1 saturated heterocycles. The lowest BCUT2D eigenvalue weighted by molar-refractivity contribution is 0.458. The topological polar surface area (TPSA) is 55.3 Å². The van der Waals surface area contributed by atoms with Gasteiger partial charge < -0.3 is 15.1 Å². The van der Waals surface area contributed by atoms with E-state index in [1.807, 2.05) is 0 Å². The van der Waals surface area contributed by atoms with Crippen molar-refractivity contribution in [3.63, 3.8) is 0 Å². The molecular formula is C12H21N3O. The van der Waals surface area contributed by atoms with Crippen molar-refractivity contribution in [3.8, 4) is 0 Å². The highest BCUT2D eigenvalue weighted by Crippen LogP contribution is 2.23. The minimum atomic E-state index is 0.453. The third-order valence-corrected chi connectivity index (χ3v) is 3.44. The zero-order chi connectivity index (χ0) is 11.4. The molecule has 0 amide bonds. The summed E-state index contributed by atoms with van der Waals surface area (Å²) < 4.78 is 5.45. The Labute approximate surface area is 96.8 Å². The van der Waals surface area contributed by atoms with E-state index in [2.05, 4.69) is 16.8 Å². The number of oxazole rings is 1. The summed E-state index contributed by atoms with van der Waals surface area (Å²) in [6, 6.07) is 0.747. The summed E-state index contributed by atoms with van der Waals surface area (Å²) in [6.45, 7) is 4.84. The van der Waals surface area contributed by atoms with E-state index in [-0.39, 0.29) is 0 Å². The second kappa shape index (κ2) is 5.34. The fourth-order valence-corrected chi connectivity index (χ4v) is 2.30. The summed E-state index contributed by atoms with van der Waals surface area (Å²) in [6.07, 6.45) is 6.76. The Morgan fingerprint density at radius 1 is 1.50 bits per heavy atom. The molecule has 1 aromatic rings. The Balaban J connectivity index is 1.99. The van der Waals surface area contributed by atoms with Crippen LogP contribution in [-0.4, -0.2) is 18.1 Å². The second-order valence-corrected chi connectivity index (χ2v) is 4.52. The Hall–Kier alpha value is -1.03. The highest BCUT2D eigenvalue weighted by Gasteiger charge is 2.18. The summed E-state index contributed by atoms with van der Waals surface area (Å²) in [4.78, 5) is 6.62. The predicted molar refractivity (Wildman–Crippen MR) is 64.2 cm³/mol. The molecule has 90 valence electrons. The Morgan fingerprint density at radius 3 is 3.06 bits per heavy atom. The molecule has 0 bridgehead atoms. The Bertz CT molecular complexity index is 324. The maximum Gasteiger partial charge on any atom is 0.297 e. The fourth-order valence-electron chi connectivity index (χ4n) is 2.30. The first-order valence-electron chi connectivity index (χ1n) is 6.23. The lowest BCUT2D eigenvalue weighted by atomic mass is 9.98. The number of hydrogen-bond donors (Lipinski definition) is 1. The van der Waals surface area contributed by atoms with Crippen molar-refractivity contribution in [2.24, 2.45) is 11.7 Å². The van der Waals surface area contributed by atoms with Crippen molar-refractivity contribution in [1.29, 1.82) is 0 Å². The van der Waals surface area contributed by atoms with Gasteiger partial charge in [0.25, 0.3) is 6.01 Å². The van der Waals surface area contributed by atoms with Gasteiger partial charge in [0.2, 0.25) is 0 Å². The van der Waals surface area contributed by atoms with Gasteiger partial charge in [-0.2, -0.15) is 4.98 Å². The van der Waals surface area contributed by atoms with Gasteiger partial charge in [0.1, 0.15) is 6.26 Å². The van der Waals surface area contributed by atoms with Crippen LogP contribution in [0.15, 0.2) is 10.7 Å². The minimum absolute atomic E-state index is 0.453. The van der Waals surface area contributed by atoms with Crippen molar-refractivity contribution >= 4 is 6.01 Å². The van der Waals surface area contributed by atoms with E-state index in [9.17, 15) is 0 Å². The van der Waals surface area contributed by atoms with Gasteiger partial charge in [-0.3, -0.25) is 0 Å². The molecule has 1 fully saturated rings. The number of nitrogens with two attached hydrogens (primary N) is 1. The highest BCUT2D eigenvalue weighted by molar-refractivity contribution is 5.27. The monoisotopic (exact) mass is 223 g/mol. The Morgan fingerprint density at radius 2 is 2.38 bits per heavy atom. The molecular weight excluding hydrogens is 202 g/mol. The average Bonchev–Trinajstić information content (AvgIpc) is 2.67. The zero-order valence-corrected chi connectivity index (χ0v) is 9.98. The van der Waals surface area contributed by atoms with Crippen LogP contribution in [0.2, 0.25) is 0 Å². The number of hydrogen-bond acceptors (Lipinski definition) is 4. The molecule has 1 unspecified atom stereocenters. The summed E-state index contributed by atoms with van der Waals surface area (Å²) in [5, 5.41) is 0. The molecule has 0 spiro atoms. The van der Waals surface area contributed by atoms with Crippen molar-refractivity contribution in [3.05, 3.63) is 12.0 Å². The van der Waals surface area contributed by atoms with Gasteiger partial charge in [-0.05, 0) is 25.2 Å². The van der Waals surface area contributed by atoms with E-state index < -0.39 is 0 Å². The zero-order valence-electron chi connectivity index (χ0n) is 9.98. The standard InChI is InChI=1S/C12H21N3O/c1-2-10-4-3-6-15(7-5-10)12-14-11(8-13)9-16-12/h9-10H,2-8,13H2,1H3. The molecule has 0 radical (unpaired) electrons. The summed E-state index contributed by atoms with van der Waals surface area (Å²) in [5.74, 6) is 0.869. The first-order chi connectivity index (χ1) is 7.83. The molecule has 2 N–H and O–H groups in total. The molecule has 1 aliphatic heterocycles. The molecule has 1 aliphatic rings. The van der Waals surface area contributed by atoms with Crippen LogP contribution < -0.4 is 10.6 Å². The molecule has 2 heterocycles. The third-order valence-electron chi connectivity index (χ3n) is 3.44. The second-order valence-electron chi connectivity index (χ2n) is 4.52. The summed E-state index contributed by atoms with van der Waals surface area (Å²) >= 11 is 0. The molecule has 1 aromatic heterocycles. The quantitative estimate of drug-likeness (QED) is 0.853. The largest absolute Gasteiger partial charge is 0.432 e. The van der Waals surface area contributed by atoms with Crippen LogP contribution in [0.5, 0.6) is 0 Å². The van der Waals surface area contributed by atoms with Crippen LogP contribution >= 0.6 is 0 Å². The van der Waals surface area contributed by atoms with Gasteiger partial charge in [0.15, 0.2) is 0 Å². The number of anilines is 1. The lowest BCUT2D eigenvalue weighted by Crippen LogP contribution is -2.24. The summed E-state index contributed by atoms with van der Waals surface area (Å²) in [7, 11) is 0. The van der Waals surface area contributed by atoms with E-state index >= 15 is 0 Å². The van der Waals surface area contributed by atoms with Gasteiger partial charge in [0, 0.05) is 19.6 Å². The van der Waals surface area contributed by atoms with Crippen molar-refractivity contribution in [2.75, 3.05) is 18.0 Å². The van der Waals surface area contributed by atoms with Gasteiger partial charge in [-0.25, -0.2) is 0 Å². The van der Waals surface area contributed by atoms with E-state index in [4.69, 9.17) is 10.2 Å². The van der Waals surface area contributed by atoms with Crippen LogP contribution in [0.4, 0.5) is 6.01 Å². The molecule has 0 saturated carbocycles. The van der Waals surface area contributed by atoms with Crippen LogP contribution in [0, 0.1) is 5.92 Å². The molecule has 0 aromatic carbocycles. The van der Waals surface area contributed by atoms with Crippen LogP contribution in [-0.2, 0) is 6.54 Å². The van der Waals surface area contributed by atoms with Crippen LogP contribution in [0.3, 0.4) is 0 Å². The fraction of sp³-hybridized carbons (Fsp3) is 0.750. The van der Waals surface area contributed by atoms with E-state index in [0.29, 0.717) is 6.54 Å². The maximum absolute atomic E-state index is 5.53. The van der Waals surface area contributed by atoms with Gasteiger partial charge >= 0.3 is 0 Å². The molecule has 0 aliphatic carbocycles. The maximum atomic E-state index is 5.53. The molecule has 4 heteroatoms. The molecule has 4 nitrogen and oxygen atoms in total. The van der Waals surface area contributed by atoms with Crippen molar-refractivity contribution in [2.45, 2.75) is 39.2 Å². The van der Waals surface area contributed by atoms with E-state index in [0.717, 1.165) is 30.7 Å². The normalized spacial score (nSPS) is 22.1. The number of aromatic nitrogens is 1. The van der Waals surface area contributed by atoms with E-state index in [1.165, 1.54) is 25.7 Å². The molecule has 16 heavy (non-hydrogen) atoms. The first kappa shape index (κ1) is 11.5.